The fourth-order valence-electron chi connectivity index (χ4n) is 2.31. The normalized spacial score (nSPS) is 19.7. The van der Waals surface area contributed by atoms with Crippen LogP contribution in [-0.2, 0) is 16.1 Å². The fraction of sp³-hybridized carbons (Fsp3) is 0.462. The van der Waals surface area contributed by atoms with Gasteiger partial charge in [0.1, 0.15) is 0 Å². The van der Waals surface area contributed by atoms with Crippen LogP contribution >= 0.6 is 0 Å². The molecule has 0 aliphatic carbocycles. The first-order chi connectivity index (χ1) is 9.56. The molecular weight excluding hydrogens is 264 g/mol. The molecular formula is C13H16N2O5. The van der Waals surface area contributed by atoms with Gasteiger partial charge in [0, 0.05) is 31.3 Å². The highest BCUT2D eigenvalue weighted by atomic mass is 16.6. The van der Waals surface area contributed by atoms with Gasteiger partial charge in [-0.2, -0.15) is 0 Å². The SMILES string of the molecule is O=C(O)CC1CN(Cc2ccccc2[N+](=O)[O-])CCO1. The van der Waals surface area contributed by atoms with E-state index < -0.39 is 10.9 Å². The van der Waals surface area contributed by atoms with Crippen LogP contribution in [0.15, 0.2) is 24.3 Å². The van der Waals surface area contributed by atoms with Gasteiger partial charge in [0.15, 0.2) is 0 Å². The number of hydrogen-bond donors (Lipinski definition) is 1. The van der Waals surface area contributed by atoms with E-state index >= 15 is 0 Å². The van der Waals surface area contributed by atoms with Crippen LogP contribution < -0.4 is 0 Å². The number of morpholine rings is 1. The lowest BCUT2D eigenvalue weighted by molar-refractivity contribution is -0.385. The molecule has 7 nitrogen and oxygen atoms in total. The Bertz CT molecular complexity index is 505. The number of rotatable bonds is 5. The highest BCUT2D eigenvalue weighted by Crippen LogP contribution is 2.21. The molecule has 1 unspecified atom stereocenters. The number of carboxylic acid groups (broad SMARTS) is 1. The first-order valence-corrected chi connectivity index (χ1v) is 6.34. The summed E-state index contributed by atoms with van der Waals surface area (Å²) in [5, 5.41) is 19.7. The Morgan fingerprint density at radius 3 is 2.95 bits per heavy atom. The summed E-state index contributed by atoms with van der Waals surface area (Å²) in [6, 6.07) is 6.59. The summed E-state index contributed by atoms with van der Waals surface area (Å²) in [5.74, 6) is -0.900. The Morgan fingerprint density at radius 1 is 1.50 bits per heavy atom. The van der Waals surface area contributed by atoms with Gasteiger partial charge in [-0.1, -0.05) is 18.2 Å². The molecule has 1 N–H and O–H groups in total. The van der Waals surface area contributed by atoms with E-state index in [0.29, 0.717) is 31.8 Å². The maximum atomic E-state index is 11.0. The highest BCUT2D eigenvalue weighted by molar-refractivity contribution is 5.67. The van der Waals surface area contributed by atoms with Gasteiger partial charge in [-0.3, -0.25) is 19.8 Å². The average Bonchev–Trinajstić information content (AvgIpc) is 2.38. The highest BCUT2D eigenvalue weighted by Gasteiger charge is 2.24. The van der Waals surface area contributed by atoms with Gasteiger partial charge in [0.2, 0.25) is 0 Å². The zero-order chi connectivity index (χ0) is 14.5. The van der Waals surface area contributed by atoms with Gasteiger partial charge in [-0.25, -0.2) is 0 Å². The maximum absolute atomic E-state index is 11.0. The van der Waals surface area contributed by atoms with Gasteiger partial charge >= 0.3 is 5.97 Å². The van der Waals surface area contributed by atoms with E-state index in [0.717, 1.165) is 0 Å². The van der Waals surface area contributed by atoms with Crippen LogP contribution in [0.4, 0.5) is 5.69 Å². The average molecular weight is 280 g/mol. The van der Waals surface area contributed by atoms with E-state index in [1.165, 1.54) is 6.07 Å². The lowest BCUT2D eigenvalue weighted by atomic mass is 10.1. The number of aliphatic carboxylic acids is 1. The van der Waals surface area contributed by atoms with Gasteiger partial charge in [-0.15, -0.1) is 0 Å². The van der Waals surface area contributed by atoms with Gasteiger partial charge < -0.3 is 9.84 Å². The molecule has 108 valence electrons. The number of nitro groups is 1. The number of nitrogens with zero attached hydrogens (tertiary/aromatic N) is 2. The summed E-state index contributed by atoms with van der Waals surface area (Å²) in [6.07, 6.45) is -0.406. The molecule has 1 aromatic rings. The van der Waals surface area contributed by atoms with Crippen LogP contribution in [0.2, 0.25) is 0 Å². The lowest BCUT2D eigenvalue weighted by Gasteiger charge is -2.32. The Balaban J connectivity index is 2.02. The topological polar surface area (TPSA) is 92.9 Å². The van der Waals surface area contributed by atoms with Crippen LogP contribution in [-0.4, -0.2) is 46.7 Å². The summed E-state index contributed by atoms with van der Waals surface area (Å²) in [5.41, 5.74) is 0.724. The number of carboxylic acids is 1. The smallest absolute Gasteiger partial charge is 0.306 e. The number of para-hydroxylation sites is 1. The maximum Gasteiger partial charge on any atom is 0.306 e. The van der Waals surface area contributed by atoms with Crippen molar-refractivity contribution in [3.05, 3.63) is 39.9 Å². The summed E-state index contributed by atoms with van der Waals surface area (Å²) >= 11 is 0. The molecule has 1 saturated heterocycles. The summed E-state index contributed by atoms with van der Waals surface area (Å²) in [7, 11) is 0. The van der Waals surface area contributed by atoms with Crippen molar-refractivity contribution >= 4 is 11.7 Å². The minimum absolute atomic E-state index is 0.0482. The minimum atomic E-state index is -0.900. The van der Waals surface area contributed by atoms with Crippen LogP contribution in [0, 0.1) is 10.1 Å². The van der Waals surface area contributed by atoms with Crippen molar-refractivity contribution in [3.63, 3.8) is 0 Å². The second-order valence-corrected chi connectivity index (χ2v) is 4.71. The standard InChI is InChI=1S/C13H16N2O5/c16-13(17)7-11-9-14(5-6-20-11)8-10-3-1-2-4-12(10)15(18)19/h1-4,11H,5-9H2,(H,16,17). The summed E-state index contributed by atoms with van der Waals surface area (Å²) < 4.78 is 5.38. The quantitative estimate of drug-likeness (QED) is 0.645. The number of nitro benzene ring substituents is 1. The third-order valence-corrected chi connectivity index (χ3v) is 3.21. The Hall–Kier alpha value is -1.99. The first kappa shape index (κ1) is 14.4. The number of benzene rings is 1. The Kier molecular flexibility index (Phi) is 4.65. The lowest BCUT2D eigenvalue weighted by Crippen LogP contribution is -2.42. The number of carbonyl (C=O) groups is 1. The molecule has 2 rings (SSSR count). The van der Waals surface area contributed by atoms with E-state index in [-0.39, 0.29) is 18.2 Å². The van der Waals surface area contributed by atoms with Crippen molar-refractivity contribution in [2.75, 3.05) is 19.7 Å². The van der Waals surface area contributed by atoms with Crippen molar-refractivity contribution < 1.29 is 19.6 Å². The molecule has 7 heteroatoms. The van der Waals surface area contributed by atoms with E-state index in [4.69, 9.17) is 9.84 Å². The van der Waals surface area contributed by atoms with Crippen LogP contribution in [0.3, 0.4) is 0 Å². The Labute approximate surface area is 115 Å². The van der Waals surface area contributed by atoms with Crippen molar-refractivity contribution in [2.24, 2.45) is 0 Å². The molecule has 0 radical (unpaired) electrons. The third kappa shape index (κ3) is 3.75. The molecule has 0 spiro atoms. The number of ether oxygens (including phenoxy) is 1. The first-order valence-electron chi connectivity index (χ1n) is 6.34. The van der Waals surface area contributed by atoms with E-state index in [2.05, 4.69) is 0 Å². The molecule has 1 aliphatic heterocycles. The molecule has 1 aliphatic rings. The zero-order valence-electron chi connectivity index (χ0n) is 10.9. The molecule has 0 aromatic heterocycles. The van der Waals surface area contributed by atoms with Gasteiger partial charge in [0.05, 0.1) is 24.1 Å². The van der Waals surface area contributed by atoms with E-state index in [9.17, 15) is 14.9 Å². The summed E-state index contributed by atoms with van der Waals surface area (Å²) in [4.78, 5) is 23.2. The molecule has 1 atom stereocenters. The minimum Gasteiger partial charge on any atom is -0.481 e. The Morgan fingerprint density at radius 2 is 2.25 bits per heavy atom. The van der Waals surface area contributed by atoms with Crippen molar-refractivity contribution in [1.82, 2.24) is 4.90 Å². The van der Waals surface area contributed by atoms with Gasteiger partial charge in [-0.05, 0) is 0 Å². The molecule has 1 fully saturated rings. The summed E-state index contributed by atoms with van der Waals surface area (Å²) in [6.45, 7) is 1.98. The van der Waals surface area contributed by atoms with Crippen LogP contribution in [0.5, 0.6) is 0 Å². The predicted octanol–water partition coefficient (Wildman–Crippen LogP) is 1.27. The van der Waals surface area contributed by atoms with Gasteiger partial charge in [0.25, 0.3) is 5.69 Å². The molecule has 0 amide bonds. The van der Waals surface area contributed by atoms with Crippen LogP contribution in [0.25, 0.3) is 0 Å². The molecule has 20 heavy (non-hydrogen) atoms. The second kappa shape index (κ2) is 6.44. The monoisotopic (exact) mass is 280 g/mol. The van der Waals surface area contributed by atoms with Crippen molar-refractivity contribution in [1.29, 1.82) is 0 Å². The van der Waals surface area contributed by atoms with Crippen LogP contribution in [0.1, 0.15) is 12.0 Å². The number of hydrogen-bond acceptors (Lipinski definition) is 5. The van der Waals surface area contributed by atoms with E-state index in [1.54, 1.807) is 18.2 Å². The zero-order valence-corrected chi connectivity index (χ0v) is 10.9. The second-order valence-electron chi connectivity index (χ2n) is 4.71. The largest absolute Gasteiger partial charge is 0.481 e. The molecule has 0 bridgehead atoms. The van der Waals surface area contributed by atoms with Crippen molar-refractivity contribution in [2.45, 2.75) is 19.1 Å². The molecule has 1 aromatic carbocycles. The van der Waals surface area contributed by atoms with E-state index in [1.807, 2.05) is 4.90 Å². The molecule has 0 saturated carbocycles. The molecule has 1 heterocycles. The third-order valence-electron chi connectivity index (χ3n) is 3.21. The predicted molar refractivity (Wildman–Crippen MR) is 70.4 cm³/mol. The van der Waals surface area contributed by atoms with Crippen molar-refractivity contribution in [3.8, 4) is 0 Å². The fourth-order valence-corrected chi connectivity index (χ4v) is 2.31.